The average molecular weight is 329 g/mol. The van der Waals surface area contributed by atoms with Gasteiger partial charge in [-0.3, -0.25) is 9.59 Å². The summed E-state index contributed by atoms with van der Waals surface area (Å²) in [6, 6.07) is 3.79. The van der Waals surface area contributed by atoms with E-state index in [1.54, 1.807) is 12.1 Å². The normalized spacial score (nSPS) is 11.5. The van der Waals surface area contributed by atoms with E-state index in [1.165, 1.54) is 19.9 Å². The topological polar surface area (TPSA) is 95.5 Å². The third kappa shape index (κ3) is 4.06. The van der Waals surface area contributed by atoms with Crippen LogP contribution in [0.5, 0.6) is 0 Å². The number of nitrogens with one attached hydrogen (secondary N) is 2. The molecule has 0 aliphatic heterocycles. The van der Waals surface area contributed by atoms with E-state index in [9.17, 15) is 14.4 Å². The predicted octanol–water partition coefficient (Wildman–Crippen LogP) is 1.61. The zero-order chi connectivity index (χ0) is 14.6. The fraction of sp³-hybridized carbons (Fsp3) is 0.250. The zero-order valence-corrected chi connectivity index (χ0v) is 11.9. The minimum absolute atomic E-state index is 0.0299. The molecule has 0 saturated carbocycles. The van der Waals surface area contributed by atoms with Gasteiger partial charge < -0.3 is 15.7 Å². The molecule has 0 aliphatic rings. The lowest BCUT2D eigenvalue weighted by atomic mass is 10.1. The number of aromatic carboxylic acids is 1. The SMILES string of the molecule is CC(=O)NC(C)C(=O)Nc1c(Br)cccc1C(=O)O. The highest BCUT2D eigenvalue weighted by molar-refractivity contribution is 9.10. The molecule has 0 bridgehead atoms. The summed E-state index contributed by atoms with van der Waals surface area (Å²) in [5, 5.41) is 13.9. The number of hydrogen-bond donors (Lipinski definition) is 3. The van der Waals surface area contributed by atoms with Crippen LogP contribution in [-0.4, -0.2) is 28.9 Å². The van der Waals surface area contributed by atoms with Crippen LogP contribution in [0.3, 0.4) is 0 Å². The fourth-order valence-corrected chi connectivity index (χ4v) is 1.90. The Balaban J connectivity index is 2.96. The van der Waals surface area contributed by atoms with E-state index in [-0.39, 0.29) is 17.2 Å². The van der Waals surface area contributed by atoms with Gasteiger partial charge >= 0.3 is 5.97 Å². The van der Waals surface area contributed by atoms with Gasteiger partial charge in [-0.05, 0) is 35.0 Å². The van der Waals surface area contributed by atoms with Crippen LogP contribution in [0.4, 0.5) is 5.69 Å². The predicted molar refractivity (Wildman–Crippen MR) is 73.0 cm³/mol. The summed E-state index contributed by atoms with van der Waals surface area (Å²) in [5.41, 5.74) is 0.134. The van der Waals surface area contributed by atoms with Crippen LogP contribution >= 0.6 is 15.9 Å². The Morgan fingerprint density at radius 2 is 1.95 bits per heavy atom. The van der Waals surface area contributed by atoms with E-state index >= 15 is 0 Å². The van der Waals surface area contributed by atoms with Crippen molar-refractivity contribution in [3.63, 3.8) is 0 Å². The molecule has 0 aromatic heterocycles. The van der Waals surface area contributed by atoms with Crippen LogP contribution in [0.15, 0.2) is 22.7 Å². The first-order chi connectivity index (χ1) is 8.82. The largest absolute Gasteiger partial charge is 0.478 e. The Hall–Kier alpha value is -1.89. The molecule has 0 radical (unpaired) electrons. The Morgan fingerprint density at radius 3 is 2.47 bits per heavy atom. The molecule has 1 aromatic carbocycles. The van der Waals surface area contributed by atoms with Crippen molar-refractivity contribution in [2.24, 2.45) is 0 Å². The molecule has 19 heavy (non-hydrogen) atoms. The van der Waals surface area contributed by atoms with Crippen LogP contribution in [0, 0.1) is 0 Å². The number of rotatable bonds is 4. The summed E-state index contributed by atoms with van der Waals surface area (Å²) >= 11 is 3.18. The molecule has 6 nitrogen and oxygen atoms in total. The number of carbonyl (C=O) groups is 3. The van der Waals surface area contributed by atoms with Crippen LogP contribution in [0.2, 0.25) is 0 Å². The Bertz CT molecular complexity index is 530. The number of carbonyl (C=O) groups excluding carboxylic acids is 2. The van der Waals surface area contributed by atoms with E-state index in [1.807, 2.05) is 0 Å². The minimum atomic E-state index is -1.15. The smallest absolute Gasteiger partial charge is 0.337 e. The van der Waals surface area contributed by atoms with Crippen molar-refractivity contribution in [2.75, 3.05) is 5.32 Å². The monoisotopic (exact) mass is 328 g/mol. The van der Waals surface area contributed by atoms with Gasteiger partial charge in [-0.2, -0.15) is 0 Å². The molecule has 0 aliphatic carbocycles. The first-order valence-electron chi connectivity index (χ1n) is 5.42. The summed E-state index contributed by atoms with van der Waals surface area (Å²) in [6.45, 7) is 2.80. The molecule has 1 rings (SSSR count). The van der Waals surface area contributed by atoms with Gasteiger partial charge in [0.15, 0.2) is 0 Å². The highest BCUT2D eigenvalue weighted by Gasteiger charge is 2.19. The summed E-state index contributed by atoms with van der Waals surface area (Å²) in [4.78, 5) is 33.8. The number of carboxylic acids is 1. The van der Waals surface area contributed by atoms with Crippen molar-refractivity contribution >= 4 is 39.4 Å². The molecule has 102 valence electrons. The standard InChI is InChI=1S/C12H13BrN2O4/c1-6(14-7(2)16)11(17)15-10-8(12(18)19)4-3-5-9(10)13/h3-6H,1-2H3,(H,14,16)(H,15,17)(H,18,19). The van der Waals surface area contributed by atoms with Crippen molar-refractivity contribution in [3.05, 3.63) is 28.2 Å². The molecule has 0 saturated heterocycles. The van der Waals surface area contributed by atoms with Gasteiger partial charge in [-0.15, -0.1) is 0 Å². The zero-order valence-electron chi connectivity index (χ0n) is 10.4. The number of carboxylic acid groups (broad SMARTS) is 1. The number of amides is 2. The second kappa shape index (κ2) is 6.33. The van der Waals surface area contributed by atoms with Crippen molar-refractivity contribution in [1.82, 2.24) is 5.32 Å². The van der Waals surface area contributed by atoms with Crippen LogP contribution in [0.1, 0.15) is 24.2 Å². The van der Waals surface area contributed by atoms with Crippen molar-refractivity contribution in [3.8, 4) is 0 Å². The second-order valence-electron chi connectivity index (χ2n) is 3.88. The van der Waals surface area contributed by atoms with Gasteiger partial charge in [-0.25, -0.2) is 4.79 Å². The van der Waals surface area contributed by atoms with Gasteiger partial charge in [0.2, 0.25) is 11.8 Å². The maximum Gasteiger partial charge on any atom is 0.337 e. The highest BCUT2D eigenvalue weighted by Crippen LogP contribution is 2.26. The van der Waals surface area contributed by atoms with Gasteiger partial charge in [0.25, 0.3) is 0 Å². The Morgan fingerprint density at radius 1 is 1.32 bits per heavy atom. The molecule has 1 atom stereocenters. The van der Waals surface area contributed by atoms with Crippen molar-refractivity contribution in [1.29, 1.82) is 0 Å². The summed E-state index contributed by atoms with van der Waals surface area (Å²) in [5.74, 6) is -1.98. The molecule has 7 heteroatoms. The van der Waals surface area contributed by atoms with Crippen molar-refractivity contribution < 1.29 is 19.5 Å². The molecule has 0 spiro atoms. The number of para-hydroxylation sites is 1. The Labute approximate surface area is 118 Å². The quantitative estimate of drug-likeness (QED) is 0.782. The van der Waals surface area contributed by atoms with Crippen molar-refractivity contribution in [2.45, 2.75) is 19.9 Å². The highest BCUT2D eigenvalue weighted by atomic mass is 79.9. The van der Waals surface area contributed by atoms with Gasteiger partial charge in [0.1, 0.15) is 6.04 Å². The third-order valence-corrected chi connectivity index (χ3v) is 2.97. The first kappa shape index (κ1) is 15.2. The molecular weight excluding hydrogens is 316 g/mol. The van der Waals surface area contributed by atoms with E-state index in [2.05, 4.69) is 26.6 Å². The first-order valence-corrected chi connectivity index (χ1v) is 6.22. The lowest BCUT2D eigenvalue weighted by molar-refractivity contribution is -0.124. The minimum Gasteiger partial charge on any atom is -0.478 e. The molecule has 0 heterocycles. The summed E-state index contributed by atoms with van der Waals surface area (Å²) in [7, 11) is 0. The van der Waals surface area contributed by atoms with Crippen LogP contribution in [-0.2, 0) is 9.59 Å². The van der Waals surface area contributed by atoms with Gasteiger partial charge in [-0.1, -0.05) is 6.07 Å². The lowest BCUT2D eigenvalue weighted by Crippen LogP contribution is -2.40. The number of benzene rings is 1. The fourth-order valence-electron chi connectivity index (χ4n) is 1.43. The van der Waals surface area contributed by atoms with Gasteiger partial charge in [0, 0.05) is 11.4 Å². The van der Waals surface area contributed by atoms with E-state index < -0.39 is 17.9 Å². The van der Waals surface area contributed by atoms with Crippen LogP contribution < -0.4 is 10.6 Å². The summed E-state index contributed by atoms with van der Waals surface area (Å²) < 4.78 is 0.454. The Kier molecular flexibility index (Phi) is 5.05. The lowest BCUT2D eigenvalue weighted by Gasteiger charge is -2.15. The van der Waals surface area contributed by atoms with E-state index in [4.69, 9.17) is 5.11 Å². The van der Waals surface area contributed by atoms with E-state index in [0.29, 0.717) is 4.47 Å². The molecule has 3 N–H and O–H groups in total. The number of hydrogen-bond acceptors (Lipinski definition) is 3. The molecule has 2 amide bonds. The molecule has 1 aromatic rings. The average Bonchev–Trinajstić information content (AvgIpc) is 2.30. The summed E-state index contributed by atoms with van der Waals surface area (Å²) in [6.07, 6.45) is 0. The molecule has 0 fully saturated rings. The van der Waals surface area contributed by atoms with Crippen LogP contribution in [0.25, 0.3) is 0 Å². The third-order valence-electron chi connectivity index (χ3n) is 2.31. The number of halogens is 1. The van der Waals surface area contributed by atoms with Gasteiger partial charge in [0.05, 0.1) is 11.3 Å². The second-order valence-corrected chi connectivity index (χ2v) is 4.73. The number of anilines is 1. The maximum absolute atomic E-state index is 11.8. The molecular formula is C12H13BrN2O4. The van der Waals surface area contributed by atoms with E-state index in [0.717, 1.165) is 0 Å². The molecule has 1 unspecified atom stereocenters. The maximum atomic E-state index is 11.8.